The van der Waals surface area contributed by atoms with Crippen LogP contribution in [0, 0.1) is 12.8 Å². The molecular weight excluding hydrogens is 256 g/mol. The van der Waals surface area contributed by atoms with Gasteiger partial charge in [-0.2, -0.15) is 0 Å². The van der Waals surface area contributed by atoms with Gasteiger partial charge in [0.1, 0.15) is 5.76 Å². The van der Waals surface area contributed by atoms with Gasteiger partial charge in [0.2, 0.25) is 5.76 Å². The third-order valence-corrected chi connectivity index (χ3v) is 4.39. The molecule has 3 rings (SSSR count). The molecule has 110 valence electrons. The second-order valence-electron chi connectivity index (χ2n) is 5.87. The minimum Gasteiger partial charge on any atom is -0.463 e. The lowest BCUT2D eigenvalue weighted by Crippen LogP contribution is -2.40. The molecule has 5 nitrogen and oxygen atoms in total. The first kappa shape index (κ1) is 13.6. The molecule has 5 heteroatoms. The summed E-state index contributed by atoms with van der Waals surface area (Å²) < 4.78 is 10.4. The maximum absolute atomic E-state index is 11.6. The molecule has 0 spiro atoms. The molecule has 0 amide bonds. The number of nitrogens with one attached hydrogen (secondary N) is 1. The first-order chi connectivity index (χ1) is 9.67. The molecule has 2 aliphatic rings. The van der Waals surface area contributed by atoms with Gasteiger partial charge in [0.05, 0.1) is 13.7 Å². The molecule has 0 aliphatic carbocycles. The number of esters is 1. The van der Waals surface area contributed by atoms with Crippen LogP contribution >= 0.6 is 0 Å². The molecule has 2 unspecified atom stereocenters. The van der Waals surface area contributed by atoms with E-state index in [2.05, 4.69) is 10.2 Å². The molecule has 2 atom stereocenters. The van der Waals surface area contributed by atoms with Crippen LogP contribution in [0.3, 0.4) is 0 Å². The number of likely N-dealkylation sites (tertiary alicyclic amines) is 1. The standard InChI is InChI=1S/C15H22N2O3/c1-10-6-12(20-14(10)15(18)19-2)8-17-7-11-4-3-5-16-13(11)9-17/h6,11,13,16H,3-5,7-9H2,1-2H3. The number of ether oxygens (including phenoxy) is 1. The zero-order valence-electron chi connectivity index (χ0n) is 12.1. The SMILES string of the molecule is COC(=O)c1oc(CN2CC3CCCNC3C2)cc1C. The average molecular weight is 278 g/mol. The second kappa shape index (κ2) is 5.58. The van der Waals surface area contributed by atoms with Crippen molar-refractivity contribution in [2.24, 2.45) is 5.92 Å². The fraction of sp³-hybridized carbons (Fsp3) is 0.667. The number of hydrogen-bond donors (Lipinski definition) is 1. The van der Waals surface area contributed by atoms with E-state index in [-0.39, 0.29) is 0 Å². The number of carbonyl (C=O) groups is 1. The van der Waals surface area contributed by atoms with Crippen molar-refractivity contribution in [2.75, 3.05) is 26.7 Å². The number of hydrogen-bond acceptors (Lipinski definition) is 5. The van der Waals surface area contributed by atoms with Crippen LogP contribution in [-0.4, -0.2) is 43.7 Å². The first-order valence-electron chi connectivity index (χ1n) is 7.30. The Balaban J connectivity index is 1.65. The maximum Gasteiger partial charge on any atom is 0.374 e. The van der Waals surface area contributed by atoms with Gasteiger partial charge in [-0.05, 0) is 38.3 Å². The monoisotopic (exact) mass is 278 g/mol. The summed E-state index contributed by atoms with van der Waals surface area (Å²) in [6.45, 7) is 5.97. The molecule has 1 N–H and O–H groups in total. The van der Waals surface area contributed by atoms with Crippen LogP contribution in [0.5, 0.6) is 0 Å². The summed E-state index contributed by atoms with van der Waals surface area (Å²) in [4.78, 5) is 14.0. The molecule has 2 fully saturated rings. The summed E-state index contributed by atoms with van der Waals surface area (Å²) in [6, 6.07) is 2.57. The lowest BCUT2D eigenvalue weighted by Gasteiger charge is -2.24. The summed E-state index contributed by atoms with van der Waals surface area (Å²) in [7, 11) is 1.38. The van der Waals surface area contributed by atoms with E-state index >= 15 is 0 Å². The Kier molecular flexibility index (Phi) is 3.81. The van der Waals surface area contributed by atoms with E-state index in [4.69, 9.17) is 9.15 Å². The Morgan fingerprint density at radius 1 is 1.55 bits per heavy atom. The summed E-state index contributed by atoms with van der Waals surface area (Å²) in [5.74, 6) is 1.55. The molecule has 3 heterocycles. The van der Waals surface area contributed by atoms with Gasteiger partial charge in [-0.25, -0.2) is 4.79 Å². The minimum absolute atomic E-state index is 0.331. The smallest absolute Gasteiger partial charge is 0.374 e. The van der Waals surface area contributed by atoms with Gasteiger partial charge in [-0.15, -0.1) is 0 Å². The van der Waals surface area contributed by atoms with E-state index in [1.807, 2.05) is 13.0 Å². The maximum atomic E-state index is 11.6. The largest absolute Gasteiger partial charge is 0.463 e. The van der Waals surface area contributed by atoms with E-state index in [1.54, 1.807) is 0 Å². The van der Waals surface area contributed by atoms with E-state index in [9.17, 15) is 4.79 Å². The van der Waals surface area contributed by atoms with Gasteiger partial charge in [0.25, 0.3) is 0 Å². The fourth-order valence-corrected chi connectivity index (χ4v) is 3.41. The van der Waals surface area contributed by atoms with Crippen molar-refractivity contribution in [2.45, 2.75) is 32.4 Å². The van der Waals surface area contributed by atoms with Gasteiger partial charge in [0, 0.05) is 24.7 Å². The zero-order chi connectivity index (χ0) is 14.1. The number of carbonyl (C=O) groups excluding carboxylic acids is 1. The van der Waals surface area contributed by atoms with Crippen molar-refractivity contribution < 1.29 is 13.9 Å². The normalized spacial score (nSPS) is 26.5. The Morgan fingerprint density at radius 2 is 2.40 bits per heavy atom. The van der Waals surface area contributed by atoms with Crippen molar-refractivity contribution in [1.29, 1.82) is 0 Å². The molecule has 20 heavy (non-hydrogen) atoms. The molecule has 0 radical (unpaired) electrons. The number of nitrogens with zero attached hydrogens (tertiary/aromatic N) is 1. The van der Waals surface area contributed by atoms with E-state index in [0.717, 1.165) is 43.4 Å². The van der Waals surface area contributed by atoms with Crippen LogP contribution in [-0.2, 0) is 11.3 Å². The Hall–Kier alpha value is -1.33. The summed E-state index contributed by atoms with van der Waals surface area (Å²) in [6.07, 6.45) is 2.60. The van der Waals surface area contributed by atoms with E-state index in [0.29, 0.717) is 11.8 Å². The van der Waals surface area contributed by atoms with Gasteiger partial charge in [-0.1, -0.05) is 0 Å². The highest BCUT2D eigenvalue weighted by Crippen LogP contribution is 2.27. The summed E-state index contributed by atoms with van der Waals surface area (Å²) in [5.41, 5.74) is 0.849. The first-order valence-corrected chi connectivity index (χ1v) is 7.30. The highest BCUT2D eigenvalue weighted by molar-refractivity contribution is 5.87. The predicted molar refractivity (Wildman–Crippen MR) is 74.6 cm³/mol. The van der Waals surface area contributed by atoms with Crippen LogP contribution in [0.15, 0.2) is 10.5 Å². The van der Waals surface area contributed by atoms with Gasteiger partial charge < -0.3 is 14.5 Å². The number of rotatable bonds is 3. The Bertz CT molecular complexity index is 483. The molecular formula is C15H22N2O3. The van der Waals surface area contributed by atoms with E-state index < -0.39 is 5.97 Å². The van der Waals surface area contributed by atoms with Crippen LogP contribution in [0.25, 0.3) is 0 Å². The van der Waals surface area contributed by atoms with Crippen molar-refractivity contribution in [1.82, 2.24) is 10.2 Å². The summed E-state index contributed by atoms with van der Waals surface area (Å²) >= 11 is 0. The predicted octanol–water partition coefficient (Wildman–Crippen LogP) is 1.56. The molecule has 0 saturated carbocycles. The Labute approximate surface area is 119 Å². The van der Waals surface area contributed by atoms with Crippen molar-refractivity contribution in [3.63, 3.8) is 0 Å². The molecule has 0 bridgehead atoms. The minimum atomic E-state index is -0.398. The van der Waals surface area contributed by atoms with Crippen LogP contribution in [0.1, 0.15) is 34.7 Å². The highest BCUT2D eigenvalue weighted by Gasteiger charge is 2.34. The zero-order valence-corrected chi connectivity index (χ0v) is 12.1. The van der Waals surface area contributed by atoms with Gasteiger partial charge >= 0.3 is 5.97 Å². The van der Waals surface area contributed by atoms with E-state index in [1.165, 1.54) is 20.0 Å². The lowest BCUT2D eigenvalue weighted by molar-refractivity contribution is 0.0560. The quantitative estimate of drug-likeness (QED) is 0.850. The number of piperidine rings is 1. The lowest BCUT2D eigenvalue weighted by atomic mass is 9.94. The highest BCUT2D eigenvalue weighted by atomic mass is 16.5. The number of furan rings is 1. The Morgan fingerprint density at radius 3 is 3.15 bits per heavy atom. The molecule has 0 aromatic carbocycles. The topological polar surface area (TPSA) is 54.7 Å². The fourth-order valence-electron chi connectivity index (χ4n) is 3.41. The van der Waals surface area contributed by atoms with Gasteiger partial charge in [0.15, 0.2) is 0 Å². The van der Waals surface area contributed by atoms with Gasteiger partial charge in [-0.3, -0.25) is 4.90 Å². The van der Waals surface area contributed by atoms with Crippen molar-refractivity contribution in [3.8, 4) is 0 Å². The summed E-state index contributed by atoms with van der Waals surface area (Å²) in [5, 5.41) is 3.59. The third kappa shape index (κ3) is 2.60. The molecule has 1 aromatic rings. The third-order valence-electron chi connectivity index (χ3n) is 4.39. The number of aryl methyl sites for hydroxylation is 1. The second-order valence-corrected chi connectivity index (χ2v) is 5.87. The molecule has 2 aliphatic heterocycles. The van der Waals surface area contributed by atoms with Crippen LogP contribution < -0.4 is 5.32 Å². The van der Waals surface area contributed by atoms with Crippen molar-refractivity contribution in [3.05, 3.63) is 23.2 Å². The molecule has 2 saturated heterocycles. The van der Waals surface area contributed by atoms with Crippen molar-refractivity contribution >= 4 is 5.97 Å². The van der Waals surface area contributed by atoms with Crippen LogP contribution in [0.4, 0.5) is 0 Å². The number of methoxy groups -OCH3 is 1. The average Bonchev–Trinajstić information content (AvgIpc) is 3.01. The number of fused-ring (bicyclic) bond motifs is 1. The molecule has 1 aromatic heterocycles. The van der Waals surface area contributed by atoms with Crippen LogP contribution in [0.2, 0.25) is 0 Å².